The maximum Gasteiger partial charge on any atom is 0.341 e. The number of H-pyrrole nitrogens is 1. The molecule has 6 nitrogen and oxygen atoms in total. The van der Waals surface area contributed by atoms with E-state index in [0.29, 0.717) is 11.5 Å². The topological polar surface area (TPSA) is 81.0 Å². The Hall–Kier alpha value is -2.93. The van der Waals surface area contributed by atoms with Crippen LogP contribution in [0.4, 0.5) is 0 Å². The van der Waals surface area contributed by atoms with E-state index in [1.807, 2.05) is 41.8 Å². The van der Waals surface area contributed by atoms with Gasteiger partial charge in [-0.05, 0) is 24.4 Å². The molecule has 1 atom stereocenters. The van der Waals surface area contributed by atoms with Crippen molar-refractivity contribution in [1.82, 2.24) is 15.2 Å². The van der Waals surface area contributed by atoms with Crippen molar-refractivity contribution in [2.24, 2.45) is 0 Å². The van der Waals surface area contributed by atoms with Crippen molar-refractivity contribution < 1.29 is 13.9 Å². The third kappa shape index (κ3) is 2.59. The zero-order valence-corrected chi connectivity index (χ0v) is 13.5. The highest BCUT2D eigenvalue weighted by atomic mass is 32.1. The van der Waals surface area contributed by atoms with E-state index in [0.717, 1.165) is 15.8 Å². The first-order valence-electron chi connectivity index (χ1n) is 7.37. The van der Waals surface area contributed by atoms with Gasteiger partial charge in [-0.1, -0.05) is 24.3 Å². The van der Waals surface area contributed by atoms with Crippen LogP contribution in [0.15, 0.2) is 52.4 Å². The quantitative estimate of drug-likeness (QED) is 0.564. The van der Waals surface area contributed by atoms with E-state index in [4.69, 9.17) is 9.15 Å². The molecule has 4 rings (SSSR count). The van der Waals surface area contributed by atoms with Gasteiger partial charge >= 0.3 is 5.97 Å². The van der Waals surface area contributed by atoms with Gasteiger partial charge < -0.3 is 14.1 Å². The number of nitrogens with one attached hydrogen (secondary N) is 1. The lowest BCUT2D eigenvalue weighted by Gasteiger charge is -2.08. The number of esters is 1. The molecule has 0 fully saturated rings. The molecule has 0 radical (unpaired) electrons. The Morgan fingerprint density at radius 1 is 1.25 bits per heavy atom. The summed E-state index contributed by atoms with van der Waals surface area (Å²) in [5.41, 5.74) is 1.37. The second kappa shape index (κ2) is 5.93. The van der Waals surface area contributed by atoms with Gasteiger partial charge in [-0.3, -0.25) is 0 Å². The number of hydrogen-bond donors (Lipinski definition) is 1. The molecule has 0 unspecified atom stereocenters. The number of ether oxygens (including phenoxy) is 1. The monoisotopic (exact) mass is 339 g/mol. The van der Waals surface area contributed by atoms with Crippen molar-refractivity contribution in [2.45, 2.75) is 13.0 Å². The number of para-hydroxylation sites is 1. The lowest BCUT2D eigenvalue weighted by Crippen LogP contribution is -2.09. The summed E-state index contributed by atoms with van der Waals surface area (Å²) in [5.74, 6) is 0.261. The first-order valence-corrected chi connectivity index (χ1v) is 8.24. The van der Waals surface area contributed by atoms with Crippen molar-refractivity contribution in [3.05, 3.63) is 59.4 Å². The van der Waals surface area contributed by atoms with Gasteiger partial charge in [-0.15, -0.1) is 21.5 Å². The molecule has 0 spiro atoms. The Bertz CT molecular complexity index is 988. The molecular formula is C17H13N3O3S. The van der Waals surface area contributed by atoms with Gasteiger partial charge in [0.1, 0.15) is 0 Å². The van der Waals surface area contributed by atoms with Crippen LogP contribution in [0, 0.1) is 0 Å². The molecule has 7 heteroatoms. The second-order valence-electron chi connectivity index (χ2n) is 5.22. The van der Waals surface area contributed by atoms with Gasteiger partial charge in [-0.25, -0.2) is 4.79 Å². The van der Waals surface area contributed by atoms with E-state index >= 15 is 0 Å². The minimum absolute atomic E-state index is 0.270. The number of carbonyl (C=O) groups is 1. The number of carbonyl (C=O) groups excluding carboxylic acids is 1. The fraction of sp³-hybridized carbons (Fsp3) is 0.118. The van der Waals surface area contributed by atoms with Crippen LogP contribution in [0.25, 0.3) is 21.7 Å². The lowest BCUT2D eigenvalue weighted by atomic mass is 10.2. The molecule has 1 N–H and O–H groups in total. The van der Waals surface area contributed by atoms with E-state index in [9.17, 15) is 4.79 Å². The maximum absolute atomic E-state index is 12.4. The molecule has 1 aromatic carbocycles. The smallest absolute Gasteiger partial charge is 0.341 e. The first-order chi connectivity index (χ1) is 11.7. The molecule has 24 heavy (non-hydrogen) atoms. The highest BCUT2D eigenvalue weighted by Crippen LogP contribution is 2.27. The van der Waals surface area contributed by atoms with Gasteiger partial charge in [0, 0.05) is 17.1 Å². The van der Waals surface area contributed by atoms with Crippen molar-refractivity contribution in [3.8, 4) is 10.8 Å². The number of rotatable bonds is 4. The minimum Gasteiger partial charge on any atom is -0.449 e. The third-order valence-electron chi connectivity index (χ3n) is 3.61. The summed E-state index contributed by atoms with van der Waals surface area (Å²) in [7, 11) is 0. The Kier molecular flexibility index (Phi) is 3.62. The van der Waals surface area contributed by atoms with Crippen LogP contribution < -0.4 is 0 Å². The number of aromatic nitrogens is 3. The number of hydrogen-bond acceptors (Lipinski definition) is 6. The third-order valence-corrected chi connectivity index (χ3v) is 4.47. The van der Waals surface area contributed by atoms with Crippen LogP contribution in [0.2, 0.25) is 0 Å². The predicted molar refractivity (Wildman–Crippen MR) is 89.7 cm³/mol. The fourth-order valence-electron chi connectivity index (χ4n) is 2.41. The van der Waals surface area contributed by atoms with Crippen molar-refractivity contribution in [2.75, 3.05) is 0 Å². The molecule has 0 bridgehead atoms. The summed E-state index contributed by atoms with van der Waals surface area (Å²) in [6.45, 7) is 1.71. The maximum atomic E-state index is 12.4. The number of fused-ring (bicyclic) bond motifs is 1. The van der Waals surface area contributed by atoms with E-state index in [1.54, 1.807) is 13.1 Å². The van der Waals surface area contributed by atoms with E-state index in [2.05, 4.69) is 15.2 Å². The van der Waals surface area contributed by atoms with Gasteiger partial charge in [-0.2, -0.15) is 0 Å². The molecule has 120 valence electrons. The molecule has 3 heterocycles. The zero-order chi connectivity index (χ0) is 16.5. The van der Waals surface area contributed by atoms with Gasteiger partial charge in [0.15, 0.2) is 6.10 Å². The highest BCUT2D eigenvalue weighted by molar-refractivity contribution is 7.13. The van der Waals surface area contributed by atoms with E-state index in [1.165, 1.54) is 11.3 Å². The predicted octanol–water partition coefficient (Wildman–Crippen LogP) is 4.20. The second-order valence-corrected chi connectivity index (χ2v) is 6.17. The summed E-state index contributed by atoms with van der Waals surface area (Å²) in [6.07, 6.45) is 1.01. The summed E-state index contributed by atoms with van der Waals surface area (Å²) < 4.78 is 11.1. The first kappa shape index (κ1) is 14.6. The summed E-state index contributed by atoms with van der Waals surface area (Å²) in [6, 6.07) is 11.4. The lowest BCUT2D eigenvalue weighted by molar-refractivity contribution is 0.0282. The van der Waals surface area contributed by atoms with Gasteiger partial charge in [0.25, 0.3) is 11.8 Å². The Labute approximate surface area is 141 Å². The summed E-state index contributed by atoms with van der Waals surface area (Å²) in [4.78, 5) is 16.3. The summed E-state index contributed by atoms with van der Waals surface area (Å²) >= 11 is 1.51. The Morgan fingerprint density at radius 3 is 2.96 bits per heavy atom. The van der Waals surface area contributed by atoms with Crippen LogP contribution >= 0.6 is 11.3 Å². The highest BCUT2D eigenvalue weighted by Gasteiger charge is 2.21. The number of benzene rings is 1. The number of nitrogens with zero attached hydrogens (tertiary/aromatic N) is 2. The largest absolute Gasteiger partial charge is 0.449 e. The van der Waals surface area contributed by atoms with Crippen LogP contribution in [-0.4, -0.2) is 21.2 Å². The van der Waals surface area contributed by atoms with Crippen molar-refractivity contribution >= 4 is 28.2 Å². The molecular weight excluding hydrogens is 326 g/mol. The number of thiophene rings is 1. The molecule has 0 aliphatic rings. The zero-order valence-electron chi connectivity index (χ0n) is 12.7. The fourth-order valence-corrected chi connectivity index (χ4v) is 3.06. The van der Waals surface area contributed by atoms with Crippen molar-refractivity contribution in [1.29, 1.82) is 0 Å². The Morgan fingerprint density at radius 2 is 2.12 bits per heavy atom. The van der Waals surface area contributed by atoms with Gasteiger partial charge in [0.2, 0.25) is 0 Å². The standard InChI is InChI=1S/C17H13N3O3S/c1-10(15-19-20-16(23-15)14-7-4-8-24-14)22-17(21)12-9-18-13-6-3-2-5-11(12)13/h2-10,18H,1H3/t10-/m0/s1. The van der Waals surface area contributed by atoms with E-state index in [-0.39, 0.29) is 5.89 Å². The molecule has 0 aliphatic heterocycles. The molecule has 0 aliphatic carbocycles. The average molecular weight is 339 g/mol. The normalized spacial score (nSPS) is 12.4. The molecule has 4 aromatic rings. The van der Waals surface area contributed by atoms with E-state index < -0.39 is 12.1 Å². The van der Waals surface area contributed by atoms with Gasteiger partial charge in [0.05, 0.1) is 10.4 Å². The summed E-state index contributed by atoms with van der Waals surface area (Å²) in [5, 5.41) is 10.7. The minimum atomic E-state index is -0.632. The average Bonchev–Trinajstić information content (AvgIpc) is 3.33. The molecule has 0 saturated carbocycles. The molecule has 0 saturated heterocycles. The molecule has 0 amide bonds. The SMILES string of the molecule is C[C@H](OC(=O)c1c[nH]c2ccccc12)c1nnc(-c2cccs2)o1. The van der Waals surface area contributed by atoms with Crippen LogP contribution in [0.5, 0.6) is 0 Å². The number of aromatic amines is 1. The molecule has 3 aromatic heterocycles. The van der Waals surface area contributed by atoms with Crippen LogP contribution in [-0.2, 0) is 4.74 Å². The van der Waals surface area contributed by atoms with Crippen molar-refractivity contribution in [3.63, 3.8) is 0 Å². The van der Waals surface area contributed by atoms with Crippen LogP contribution in [0.3, 0.4) is 0 Å². The Balaban J connectivity index is 1.53. The van der Waals surface area contributed by atoms with Crippen LogP contribution in [0.1, 0.15) is 29.3 Å².